The number of hydrogen-bond acceptors (Lipinski definition) is 3. The average Bonchev–Trinajstić information content (AvgIpc) is 2.90. The van der Waals surface area contributed by atoms with Gasteiger partial charge in [0.25, 0.3) is 0 Å². The minimum atomic E-state index is -0.480. The van der Waals surface area contributed by atoms with E-state index < -0.39 is 5.91 Å². The average molecular weight is 344 g/mol. The first-order valence-corrected chi connectivity index (χ1v) is 8.08. The number of rotatable bonds is 4. The monoisotopic (exact) mass is 343 g/mol. The third kappa shape index (κ3) is 3.08. The van der Waals surface area contributed by atoms with E-state index in [1.807, 2.05) is 37.3 Å². The fraction of sp³-hybridized carbons (Fsp3) is 0.222. The highest BCUT2D eigenvalue weighted by Gasteiger charge is 2.33. The Morgan fingerprint density at radius 1 is 1.29 bits per heavy atom. The largest absolute Gasteiger partial charge is 0.374 e. The van der Waals surface area contributed by atoms with Crippen molar-refractivity contribution in [3.63, 3.8) is 0 Å². The highest BCUT2D eigenvalue weighted by atomic mass is 35.5. The Hall–Kier alpha value is -2.53. The predicted octanol–water partition coefficient (Wildman–Crippen LogP) is 2.96. The van der Waals surface area contributed by atoms with E-state index in [9.17, 15) is 9.59 Å². The van der Waals surface area contributed by atoms with Crippen LogP contribution in [0.2, 0.25) is 5.02 Å². The second-order valence-electron chi connectivity index (χ2n) is 5.82. The number of para-hydroxylation sites is 1. The quantitative estimate of drug-likeness (QED) is 0.896. The maximum Gasteiger partial charge on any atom is 0.249 e. The molecule has 0 bridgehead atoms. The summed E-state index contributed by atoms with van der Waals surface area (Å²) in [6, 6.07) is 12.3. The number of amides is 2. The Morgan fingerprint density at radius 2 is 2.04 bits per heavy atom. The number of hydrogen-bond donors (Lipinski definition) is 2. The summed E-state index contributed by atoms with van der Waals surface area (Å²) in [5, 5.41) is 3.74. The first-order valence-electron chi connectivity index (χ1n) is 7.70. The van der Waals surface area contributed by atoms with Gasteiger partial charge in [-0.15, -0.1) is 0 Å². The molecule has 3 N–H and O–H groups in total. The van der Waals surface area contributed by atoms with Crippen LogP contribution in [0.1, 0.15) is 22.3 Å². The number of carbonyl (C=O) groups excluding carboxylic acids is 2. The molecule has 0 radical (unpaired) electrons. The molecule has 2 aromatic rings. The lowest BCUT2D eigenvalue weighted by atomic mass is 10.1. The summed E-state index contributed by atoms with van der Waals surface area (Å²) < 4.78 is 0. The van der Waals surface area contributed by atoms with Gasteiger partial charge >= 0.3 is 0 Å². The van der Waals surface area contributed by atoms with Crippen molar-refractivity contribution in [2.45, 2.75) is 19.4 Å². The predicted molar refractivity (Wildman–Crippen MR) is 95.5 cm³/mol. The number of carbonyl (C=O) groups is 2. The number of anilines is 2. The molecular formula is C18H18ClN3O2. The lowest BCUT2D eigenvalue weighted by molar-refractivity contribution is -0.117. The van der Waals surface area contributed by atoms with Gasteiger partial charge in [-0.1, -0.05) is 29.8 Å². The number of primary amides is 1. The number of halogens is 1. The first-order chi connectivity index (χ1) is 11.5. The fourth-order valence-electron chi connectivity index (χ4n) is 2.90. The molecule has 1 saturated heterocycles. The van der Waals surface area contributed by atoms with Crippen molar-refractivity contribution in [3.8, 4) is 0 Å². The Labute approximate surface area is 145 Å². The lowest BCUT2D eigenvalue weighted by Crippen LogP contribution is -2.33. The van der Waals surface area contributed by atoms with Crippen LogP contribution in [0.15, 0.2) is 42.5 Å². The molecule has 6 heteroatoms. The van der Waals surface area contributed by atoms with E-state index in [1.165, 1.54) is 0 Å². The standard InChI is InChI=1S/C18H18ClN3O2/c1-11-6-7-12(10-13(11)17(20)23)21-15-8-9-22(18(15)24)16-5-3-2-4-14(16)19/h2-7,10,15,21H,8-9H2,1H3,(H2,20,23)/t15-/m1/s1. The van der Waals surface area contributed by atoms with Crippen molar-refractivity contribution in [1.29, 1.82) is 0 Å². The molecule has 5 nitrogen and oxygen atoms in total. The van der Waals surface area contributed by atoms with Crippen LogP contribution in [0.3, 0.4) is 0 Å². The van der Waals surface area contributed by atoms with Gasteiger partial charge in [0.05, 0.1) is 10.7 Å². The first kappa shape index (κ1) is 16.3. The highest BCUT2D eigenvalue weighted by molar-refractivity contribution is 6.34. The van der Waals surface area contributed by atoms with E-state index in [0.717, 1.165) is 11.3 Å². The van der Waals surface area contributed by atoms with E-state index in [4.69, 9.17) is 17.3 Å². The van der Waals surface area contributed by atoms with Gasteiger partial charge in [-0.25, -0.2) is 0 Å². The van der Waals surface area contributed by atoms with Gasteiger partial charge in [-0.05, 0) is 43.2 Å². The van der Waals surface area contributed by atoms with Crippen LogP contribution in [0.25, 0.3) is 0 Å². The molecule has 0 aromatic heterocycles. The molecule has 24 heavy (non-hydrogen) atoms. The van der Waals surface area contributed by atoms with Gasteiger partial charge in [-0.2, -0.15) is 0 Å². The number of nitrogens with zero attached hydrogens (tertiary/aromatic N) is 1. The van der Waals surface area contributed by atoms with Gasteiger partial charge in [0.15, 0.2) is 0 Å². The molecule has 124 valence electrons. The molecule has 0 saturated carbocycles. The Bertz CT molecular complexity index is 807. The number of nitrogens with two attached hydrogens (primary N) is 1. The second kappa shape index (κ2) is 6.53. The molecule has 3 rings (SSSR count). The summed E-state index contributed by atoms with van der Waals surface area (Å²) in [4.78, 5) is 25.8. The van der Waals surface area contributed by atoms with Crippen molar-refractivity contribution in [1.82, 2.24) is 0 Å². The van der Waals surface area contributed by atoms with Crippen LogP contribution in [0.4, 0.5) is 11.4 Å². The summed E-state index contributed by atoms with van der Waals surface area (Å²) in [5.74, 6) is -0.518. The summed E-state index contributed by atoms with van der Waals surface area (Å²) in [7, 11) is 0. The zero-order chi connectivity index (χ0) is 17.3. The third-order valence-corrected chi connectivity index (χ3v) is 4.51. The molecule has 2 amide bonds. The second-order valence-corrected chi connectivity index (χ2v) is 6.23. The van der Waals surface area contributed by atoms with Gasteiger partial charge in [-0.3, -0.25) is 9.59 Å². The molecule has 0 spiro atoms. The molecule has 1 aliphatic rings. The Morgan fingerprint density at radius 3 is 2.75 bits per heavy atom. The number of benzene rings is 2. The number of nitrogens with one attached hydrogen (secondary N) is 1. The van der Waals surface area contributed by atoms with E-state index in [2.05, 4.69) is 5.32 Å². The zero-order valence-corrected chi connectivity index (χ0v) is 14.0. The van der Waals surface area contributed by atoms with Crippen LogP contribution in [-0.4, -0.2) is 24.4 Å². The Balaban J connectivity index is 1.78. The van der Waals surface area contributed by atoms with Gasteiger partial charge < -0.3 is 16.0 Å². The van der Waals surface area contributed by atoms with Crippen LogP contribution in [0.5, 0.6) is 0 Å². The zero-order valence-electron chi connectivity index (χ0n) is 13.3. The maximum absolute atomic E-state index is 12.7. The molecule has 1 atom stereocenters. The van der Waals surface area contributed by atoms with Gasteiger partial charge in [0.1, 0.15) is 6.04 Å². The molecule has 1 fully saturated rings. The molecule has 2 aromatic carbocycles. The van der Waals surface area contributed by atoms with Crippen LogP contribution >= 0.6 is 11.6 Å². The summed E-state index contributed by atoms with van der Waals surface area (Å²) in [6.07, 6.45) is 0.657. The highest BCUT2D eigenvalue weighted by Crippen LogP contribution is 2.30. The topological polar surface area (TPSA) is 75.4 Å². The normalized spacial score (nSPS) is 17.2. The molecule has 0 aliphatic carbocycles. The molecule has 1 heterocycles. The third-order valence-electron chi connectivity index (χ3n) is 4.19. The van der Waals surface area contributed by atoms with Gasteiger partial charge in [0.2, 0.25) is 11.8 Å². The van der Waals surface area contributed by atoms with E-state index in [1.54, 1.807) is 17.0 Å². The summed E-state index contributed by atoms with van der Waals surface area (Å²) in [5.41, 5.74) is 8.06. The van der Waals surface area contributed by atoms with Crippen molar-refractivity contribution in [2.24, 2.45) is 5.73 Å². The van der Waals surface area contributed by atoms with E-state index in [0.29, 0.717) is 29.2 Å². The van der Waals surface area contributed by atoms with Crippen LogP contribution in [0, 0.1) is 6.92 Å². The summed E-state index contributed by atoms with van der Waals surface area (Å²) >= 11 is 6.18. The van der Waals surface area contributed by atoms with Gasteiger partial charge in [0, 0.05) is 17.8 Å². The van der Waals surface area contributed by atoms with Crippen LogP contribution in [-0.2, 0) is 4.79 Å². The maximum atomic E-state index is 12.7. The van der Waals surface area contributed by atoms with Crippen LogP contribution < -0.4 is 16.0 Å². The van der Waals surface area contributed by atoms with Crippen molar-refractivity contribution in [2.75, 3.05) is 16.8 Å². The minimum Gasteiger partial charge on any atom is -0.374 e. The molecule has 1 aliphatic heterocycles. The molecule has 0 unspecified atom stereocenters. The van der Waals surface area contributed by atoms with Crippen molar-refractivity contribution in [3.05, 3.63) is 58.6 Å². The van der Waals surface area contributed by atoms with Crippen molar-refractivity contribution >= 4 is 34.8 Å². The SMILES string of the molecule is Cc1ccc(N[C@@H]2CCN(c3ccccc3Cl)C2=O)cc1C(N)=O. The minimum absolute atomic E-state index is 0.0377. The molecular weight excluding hydrogens is 326 g/mol. The fourth-order valence-corrected chi connectivity index (χ4v) is 3.14. The Kier molecular flexibility index (Phi) is 4.44. The smallest absolute Gasteiger partial charge is 0.249 e. The number of aryl methyl sites for hydroxylation is 1. The van der Waals surface area contributed by atoms with Crippen molar-refractivity contribution < 1.29 is 9.59 Å². The lowest BCUT2D eigenvalue weighted by Gasteiger charge is -2.19. The van der Waals surface area contributed by atoms with E-state index in [-0.39, 0.29) is 11.9 Å². The van der Waals surface area contributed by atoms with E-state index >= 15 is 0 Å². The summed E-state index contributed by atoms with van der Waals surface area (Å²) in [6.45, 7) is 2.42.